The van der Waals surface area contributed by atoms with E-state index in [0.717, 1.165) is 11.6 Å². The number of hydrogen-bond donors (Lipinski definition) is 2. The number of benzene rings is 2. The lowest BCUT2D eigenvalue weighted by Crippen LogP contribution is -2.36. The number of carbonyl (C=O) groups excluding carboxylic acids is 1. The second-order valence-electron chi connectivity index (χ2n) is 6.93. The van der Waals surface area contributed by atoms with E-state index in [1.54, 1.807) is 0 Å². The number of halogens is 3. The third-order valence-corrected chi connectivity index (χ3v) is 4.86. The summed E-state index contributed by atoms with van der Waals surface area (Å²) in [6.07, 6.45) is 0. The lowest BCUT2D eigenvalue weighted by atomic mass is 10.2. The van der Waals surface area contributed by atoms with Crippen LogP contribution < -0.4 is 15.9 Å². The minimum absolute atomic E-state index is 0. The normalized spacial score (nSPS) is 10.4. The van der Waals surface area contributed by atoms with Crippen molar-refractivity contribution in [3.05, 3.63) is 98.3 Å². The second-order valence-corrected chi connectivity index (χ2v) is 7.34. The van der Waals surface area contributed by atoms with Crippen LogP contribution in [0.15, 0.2) is 63.8 Å². The maximum absolute atomic E-state index is 13.5. The van der Waals surface area contributed by atoms with Gasteiger partial charge in [-0.15, -0.1) is 12.4 Å². The predicted molar refractivity (Wildman–Crippen MR) is 124 cm³/mol. The SMILES string of the molecule is Cl.NCCN(Cc1ccc(F)c(Cl)c1)C(=O)c1oc(CO)cc(=O)c1OCc1ccccc1. The Balaban J connectivity index is 0.00000385. The molecule has 3 rings (SSSR count). The van der Waals surface area contributed by atoms with Gasteiger partial charge in [0.1, 0.15) is 24.8 Å². The van der Waals surface area contributed by atoms with E-state index in [9.17, 15) is 19.1 Å². The van der Waals surface area contributed by atoms with Gasteiger partial charge in [0.15, 0.2) is 0 Å². The second kappa shape index (κ2) is 12.4. The van der Waals surface area contributed by atoms with Crippen molar-refractivity contribution in [2.45, 2.75) is 19.8 Å². The molecule has 3 N–H and O–H groups in total. The molecular weight excluding hydrogens is 474 g/mol. The molecule has 2 aromatic carbocycles. The lowest BCUT2D eigenvalue weighted by molar-refractivity contribution is 0.0697. The number of rotatable bonds is 9. The number of carbonyl (C=O) groups is 1. The van der Waals surface area contributed by atoms with E-state index in [1.807, 2.05) is 30.3 Å². The molecular formula is C23H23Cl2FN2O5. The molecule has 0 atom stereocenters. The van der Waals surface area contributed by atoms with E-state index in [-0.39, 0.29) is 60.9 Å². The average molecular weight is 497 g/mol. The minimum atomic E-state index is -0.661. The van der Waals surface area contributed by atoms with Crippen molar-refractivity contribution in [3.8, 4) is 5.75 Å². The highest BCUT2D eigenvalue weighted by atomic mass is 35.5. The molecule has 0 unspecified atom stereocenters. The molecule has 3 aromatic rings. The molecule has 0 aliphatic heterocycles. The summed E-state index contributed by atoms with van der Waals surface area (Å²) in [6, 6.07) is 14.3. The lowest BCUT2D eigenvalue weighted by Gasteiger charge is -2.23. The predicted octanol–water partition coefficient (Wildman–Crippen LogP) is 3.53. The molecule has 0 bridgehead atoms. The van der Waals surface area contributed by atoms with E-state index in [2.05, 4.69) is 0 Å². The van der Waals surface area contributed by atoms with Gasteiger partial charge in [0.2, 0.25) is 16.9 Å². The summed E-state index contributed by atoms with van der Waals surface area (Å²) in [5, 5.41) is 9.35. The molecule has 1 aromatic heterocycles. The highest BCUT2D eigenvalue weighted by molar-refractivity contribution is 6.30. The van der Waals surface area contributed by atoms with E-state index in [1.165, 1.54) is 23.1 Å². The number of ether oxygens (including phenoxy) is 1. The van der Waals surface area contributed by atoms with Gasteiger partial charge in [0.25, 0.3) is 5.91 Å². The summed E-state index contributed by atoms with van der Waals surface area (Å²) in [4.78, 5) is 27.3. The maximum Gasteiger partial charge on any atom is 0.294 e. The van der Waals surface area contributed by atoms with E-state index >= 15 is 0 Å². The molecule has 10 heteroatoms. The molecule has 0 spiro atoms. The molecule has 0 fully saturated rings. The fourth-order valence-electron chi connectivity index (χ4n) is 3.03. The van der Waals surface area contributed by atoms with Gasteiger partial charge in [-0.1, -0.05) is 48.0 Å². The number of aliphatic hydroxyl groups is 1. The zero-order valence-electron chi connectivity index (χ0n) is 17.5. The maximum atomic E-state index is 13.5. The number of amides is 1. The van der Waals surface area contributed by atoms with Crippen LogP contribution in [-0.4, -0.2) is 29.0 Å². The summed E-state index contributed by atoms with van der Waals surface area (Å²) < 4.78 is 24.6. The summed E-state index contributed by atoms with van der Waals surface area (Å²) in [6.45, 7) is -0.237. The van der Waals surface area contributed by atoms with Crippen LogP contribution in [-0.2, 0) is 19.8 Å². The largest absolute Gasteiger partial charge is 0.481 e. The van der Waals surface area contributed by atoms with Crippen molar-refractivity contribution < 1.29 is 23.4 Å². The highest BCUT2D eigenvalue weighted by Gasteiger charge is 2.26. The van der Waals surface area contributed by atoms with Crippen molar-refractivity contribution in [1.82, 2.24) is 4.90 Å². The van der Waals surface area contributed by atoms with E-state index in [0.29, 0.717) is 5.56 Å². The molecule has 176 valence electrons. The zero-order chi connectivity index (χ0) is 23.1. The molecule has 0 saturated heterocycles. The van der Waals surface area contributed by atoms with Crippen LogP contribution in [0.1, 0.15) is 27.4 Å². The average Bonchev–Trinajstić information content (AvgIpc) is 2.80. The first kappa shape index (κ1) is 26.3. The summed E-state index contributed by atoms with van der Waals surface area (Å²) in [5.74, 6) is -1.94. The Kier molecular flexibility index (Phi) is 9.87. The van der Waals surface area contributed by atoms with Crippen LogP contribution in [0, 0.1) is 5.82 Å². The Morgan fingerprint density at radius 2 is 1.88 bits per heavy atom. The van der Waals surface area contributed by atoms with Crippen LogP contribution >= 0.6 is 24.0 Å². The van der Waals surface area contributed by atoms with Crippen LogP contribution in [0.25, 0.3) is 0 Å². The fraction of sp³-hybridized carbons (Fsp3) is 0.217. The Bertz CT molecular complexity index is 1140. The van der Waals surface area contributed by atoms with Crippen molar-refractivity contribution in [3.63, 3.8) is 0 Å². The van der Waals surface area contributed by atoms with Gasteiger partial charge in [0, 0.05) is 25.7 Å². The Morgan fingerprint density at radius 1 is 1.15 bits per heavy atom. The number of aliphatic hydroxyl groups excluding tert-OH is 1. The van der Waals surface area contributed by atoms with Gasteiger partial charge >= 0.3 is 0 Å². The van der Waals surface area contributed by atoms with Crippen LogP contribution in [0.2, 0.25) is 5.02 Å². The number of hydrogen-bond acceptors (Lipinski definition) is 6. The third kappa shape index (κ3) is 6.79. The molecule has 1 amide bonds. The number of nitrogens with two attached hydrogens (primary N) is 1. The van der Waals surface area contributed by atoms with Crippen molar-refractivity contribution in [2.24, 2.45) is 5.73 Å². The van der Waals surface area contributed by atoms with Gasteiger partial charge < -0.3 is 24.9 Å². The first-order chi connectivity index (χ1) is 15.4. The fourth-order valence-corrected chi connectivity index (χ4v) is 3.23. The van der Waals surface area contributed by atoms with Crippen molar-refractivity contribution in [2.75, 3.05) is 13.1 Å². The van der Waals surface area contributed by atoms with Crippen LogP contribution in [0.3, 0.4) is 0 Å². The molecule has 0 aliphatic rings. The van der Waals surface area contributed by atoms with Gasteiger partial charge in [0.05, 0.1) is 5.02 Å². The van der Waals surface area contributed by atoms with Crippen molar-refractivity contribution in [1.29, 1.82) is 0 Å². The molecule has 0 aliphatic carbocycles. The minimum Gasteiger partial charge on any atom is -0.481 e. The number of nitrogens with zero attached hydrogens (tertiary/aromatic N) is 1. The first-order valence-electron chi connectivity index (χ1n) is 9.80. The van der Waals surface area contributed by atoms with Crippen LogP contribution in [0.4, 0.5) is 4.39 Å². The standard InChI is InChI=1S/C23H22ClFN2O5.ClH/c24-18-10-16(6-7-19(18)25)12-27(9-8-26)23(30)22-21(20(29)11-17(13-28)32-22)31-14-15-4-2-1-3-5-15;/h1-7,10-11,28H,8-9,12-14,26H2;1H. The van der Waals surface area contributed by atoms with Gasteiger partial charge in [-0.2, -0.15) is 0 Å². The van der Waals surface area contributed by atoms with Gasteiger partial charge in [-0.3, -0.25) is 9.59 Å². The Hall–Kier alpha value is -2.91. The highest BCUT2D eigenvalue weighted by Crippen LogP contribution is 2.22. The molecule has 0 radical (unpaired) electrons. The van der Waals surface area contributed by atoms with E-state index in [4.69, 9.17) is 26.5 Å². The quantitative estimate of drug-likeness (QED) is 0.469. The summed E-state index contributed by atoms with van der Waals surface area (Å²) >= 11 is 5.85. The van der Waals surface area contributed by atoms with Gasteiger partial charge in [-0.05, 0) is 23.3 Å². The Morgan fingerprint density at radius 3 is 2.52 bits per heavy atom. The molecule has 33 heavy (non-hydrogen) atoms. The van der Waals surface area contributed by atoms with Gasteiger partial charge in [-0.25, -0.2) is 4.39 Å². The third-order valence-electron chi connectivity index (χ3n) is 4.58. The monoisotopic (exact) mass is 496 g/mol. The van der Waals surface area contributed by atoms with Crippen molar-refractivity contribution >= 4 is 29.9 Å². The zero-order valence-corrected chi connectivity index (χ0v) is 19.1. The Labute approximate surface area is 200 Å². The first-order valence-corrected chi connectivity index (χ1v) is 10.2. The molecule has 0 saturated carbocycles. The molecule has 7 nitrogen and oxygen atoms in total. The topological polar surface area (TPSA) is 106 Å². The summed E-state index contributed by atoms with van der Waals surface area (Å²) in [5.41, 5.74) is 6.42. The smallest absolute Gasteiger partial charge is 0.294 e. The molecule has 1 heterocycles. The van der Waals surface area contributed by atoms with Crippen LogP contribution in [0.5, 0.6) is 5.75 Å². The van der Waals surface area contributed by atoms with E-state index < -0.39 is 23.8 Å². The summed E-state index contributed by atoms with van der Waals surface area (Å²) in [7, 11) is 0.